The Morgan fingerprint density at radius 1 is 1.03 bits per heavy atom. The summed E-state index contributed by atoms with van der Waals surface area (Å²) >= 11 is 0. The molecule has 0 bridgehead atoms. The first-order chi connectivity index (χ1) is 17.8. The standard InChI is InChI=1S/C30H46N4O3/c1-32(2)30(25-12-4-3-5-13-25)17-15-29(16-18-30)22-33(28(37)34(29)20-23-9-8-10-23)21-27(36)31-19-24-11-6-7-14-26(24)35/h3-5,12-13,23-24,26,35H,6-11,14-22H2,1-2H3,(H,31,36)/t24-,26-,29?,30?/m1/s1. The van der Waals surface area contributed by atoms with E-state index < -0.39 is 0 Å². The lowest BCUT2D eigenvalue weighted by molar-refractivity contribution is -0.122. The number of hydrogen-bond acceptors (Lipinski definition) is 4. The van der Waals surface area contributed by atoms with Gasteiger partial charge in [-0.3, -0.25) is 9.69 Å². The molecular formula is C30H46N4O3. The van der Waals surface area contributed by atoms with E-state index in [-0.39, 0.29) is 41.6 Å². The Hall–Kier alpha value is -2.12. The maximum absolute atomic E-state index is 13.7. The molecule has 1 aromatic carbocycles. The maximum atomic E-state index is 13.7. The molecule has 5 rings (SSSR count). The smallest absolute Gasteiger partial charge is 0.321 e. The van der Waals surface area contributed by atoms with Crippen molar-refractivity contribution in [2.75, 3.05) is 40.3 Å². The van der Waals surface area contributed by atoms with Crippen molar-refractivity contribution >= 4 is 11.9 Å². The second-order valence-corrected chi connectivity index (χ2v) is 12.5. The van der Waals surface area contributed by atoms with E-state index in [1.54, 1.807) is 4.90 Å². The highest BCUT2D eigenvalue weighted by atomic mass is 16.3. The third kappa shape index (κ3) is 5.26. The number of benzene rings is 1. The fourth-order valence-electron chi connectivity index (χ4n) is 7.41. The lowest BCUT2D eigenvalue weighted by Gasteiger charge is -2.51. The molecule has 3 aliphatic carbocycles. The van der Waals surface area contributed by atoms with E-state index in [2.05, 4.69) is 59.5 Å². The van der Waals surface area contributed by atoms with Crippen LogP contribution in [0.25, 0.3) is 0 Å². The summed E-state index contributed by atoms with van der Waals surface area (Å²) in [6.45, 7) is 2.07. The van der Waals surface area contributed by atoms with Crippen LogP contribution in [0.3, 0.4) is 0 Å². The molecule has 204 valence electrons. The first-order valence-electron chi connectivity index (χ1n) is 14.6. The second kappa shape index (κ2) is 10.9. The van der Waals surface area contributed by atoms with Gasteiger partial charge in [0.25, 0.3) is 0 Å². The summed E-state index contributed by atoms with van der Waals surface area (Å²) in [6.07, 6.45) is 11.2. The van der Waals surface area contributed by atoms with Crippen molar-refractivity contribution in [2.45, 2.75) is 87.8 Å². The molecule has 0 radical (unpaired) electrons. The van der Waals surface area contributed by atoms with Crippen LogP contribution in [0.15, 0.2) is 30.3 Å². The van der Waals surface area contributed by atoms with Crippen LogP contribution in [0.4, 0.5) is 4.79 Å². The number of urea groups is 1. The van der Waals surface area contributed by atoms with E-state index in [0.29, 0.717) is 19.0 Å². The van der Waals surface area contributed by atoms with Crippen molar-refractivity contribution in [2.24, 2.45) is 11.8 Å². The van der Waals surface area contributed by atoms with Gasteiger partial charge in [0, 0.05) is 31.1 Å². The van der Waals surface area contributed by atoms with Gasteiger partial charge in [-0.1, -0.05) is 49.6 Å². The van der Waals surface area contributed by atoms with Crippen molar-refractivity contribution in [3.05, 3.63) is 35.9 Å². The number of carbonyl (C=O) groups is 2. The van der Waals surface area contributed by atoms with Crippen LogP contribution in [0, 0.1) is 11.8 Å². The van der Waals surface area contributed by atoms with Crippen molar-refractivity contribution < 1.29 is 14.7 Å². The van der Waals surface area contributed by atoms with Crippen LogP contribution in [-0.2, 0) is 10.3 Å². The van der Waals surface area contributed by atoms with Crippen LogP contribution >= 0.6 is 0 Å². The zero-order valence-corrected chi connectivity index (χ0v) is 22.8. The van der Waals surface area contributed by atoms with Crippen LogP contribution in [-0.4, -0.2) is 83.7 Å². The van der Waals surface area contributed by atoms with Gasteiger partial charge in [0.05, 0.1) is 11.6 Å². The molecule has 1 saturated heterocycles. The summed E-state index contributed by atoms with van der Waals surface area (Å²) in [7, 11) is 4.35. The van der Waals surface area contributed by atoms with Gasteiger partial charge in [-0.2, -0.15) is 0 Å². The average molecular weight is 511 g/mol. The average Bonchev–Trinajstić information content (AvgIpc) is 3.11. The lowest BCUT2D eigenvalue weighted by Crippen LogP contribution is -2.56. The van der Waals surface area contributed by atoms with Crippen molar-refractivity contribution in [3.8, 4) is 0 Å². The first kappa shape index (κ1) is 26.5. The number of rotatable bonds is 8. The molecular weight excluding hydrogens is 464 g/mol. The molecule has 4 aliphatic rings. The predicted octanol–water partition coefficient (Wildman–Crippen LogP) is 3.96. The summed E-state index contributed by atoms with van der Waals surface area (Å²) in [4.78, 5) is 33.0. The van der Waals surface area contributed by atoms with Crippen LogP contribution in [0.1, 0.15) is 76.2 Å². The molecule has 7 heteroatoms. The van der Waals surface area contributed by atoms with E-state index in [9.17, 15) is 14.7 Å². The van der Waals surface area contributed by atoms with Crippen LogP contribution in [0.2, 0.25) is 0 Å². The number of nitrogens with zero attached hydrogens (tertiary/aromatic N) is 3. The summed E-state index contributed by atoms with van der Waals surface area (Å²) in [5, 5.41) is 13.3. The van der Waals surface area contributed by atoms with E-state index >= 15 is 0 Å². The number of aliphatic hydroxyl groups excluding tert-OH is 1. The second-order valence-electron chi connectivity index (χ2n) is 12.5. The highest BCUT2D eigenvalue weighted by Crippen LogP contribution is 2.49. The lowest BCUT2D eigenvalue weighted by atomic mass is 9.68. The minimum Gasteiger partial charge on any atom is -0.393 e. The van der Waals surface area contributed by atoms with Gasteiger partial charge in [0.15, 0.2) is 0 Å². The molecule has 3 amide bonds. The highest BCUT2D eigenvalue weighted by Gasteiger charge is 2.55. The monoisotopic (exact) mass is 510 g/mol. The number of hydrogen-bond donors (Lipinski definition) is 2. The summed E-state index contributed by atoms with van der Waals surface area (Å²) in [6, 6.07) is 10.8. The van der Waals surface area contributed by atoms with Crippen molar-refractivity contribution in [1.29, 1.82) is 0 Å². The van der Waals surface area contributed by atoms with E-state index in [1.807, 2.05) is 0 Å². The molecule has 1 aromatic rings. The molecule has 3 saturated carbocycles. The topological polar surface area (TPSA) is 76.1 Å². The zero-order chi connectivity index (χ0) is 26.0. The first-order valence-corrected chi connectivity index (χ1v) is 14.6. The Labute approximate surface area is 222 Å². The number of carbonyl (C=O) groups excluding carboxylic acids is 2. The van der Waals surface area contributed by atoms with Gasteiger partial charge in [-0.15, -0.1) is 0 Å². The minimum absolute atomic E-state index is 0.0245. The Bertz CT molecular complexity index is 939. The minimum atomic E-state index is -0.326. The summed E-state index contributed by atoms with van der Waals surface area (Å²) < 4.78 is 0. The van der Waals surface area contributed by atoms with Gasteiger partial charge in [-0.25, -0.2) is 4.79 Å². The molecule has 2 N–H and O–H groups in total. The highest BCUT2D eigenvalue weighted by molar-refractivity contribution is 5.86. The maximum Gasteiger partial charge on any atom is 0.321 e. The molecule has 4 fully saturated rings. The van der Waals surface area contributed by atoms with Crippen LogP contribution in [0.5, 0.6) is 0 Å². The van der Waals surface area contributed by atoms with E-state index in [4.69, 9.17) is 0 Å². The number of amides is 3. The Morgan fingerprint density at radius 2 is 1.73 bits per heavy atom. The fraction of sp³-hybridized carbons (Fsp3) is 0.733. The van der Waals surface area contributed by atoms with E-state index in [1.165, 1.54) is 24.8 Å². The Balaban J connectivity index is 1.28. The van der Waals surface area contributed by atoms with Gasteiger partial charge < -0.3 is 20.2 Å². The largest absolute Gasteiger partial charge is 0.393 e. The van der Waals surface area contributed by atoms with Gasteiger partial charge in [0.2, 0.25) is 5.91 Å². The Kier molecular flexibility index (Phi) is 7.83. The molecule has 2 atom stereocenters. The molecule has 1 aliphatic heterocycles. The van der Waals surface area contributed by atoms with E-state index in [0.717, 1.165) is 57.9 Å². The van der Waals surface area contributed by atoms with Gasteiger partial charge >= 0.3 is 6.03 Å². The summed E-state index contributed by atoms with van der Waals surface area (Å²) in [5.74, 6) is 0.621. The third-order valence-corrected chi connectivity index (χ3v) is 10.2. The van der Waals surface area contributed by atoms with Gasteiger partial charge in [0.1, 0.15) is 6.54 Å². The normalized spacial score (nSPS) is 32.7. The zero-order valence-electron chi connectivity index (χ0n) is 22.8. The number of aliphatic hydroxyl groups is 1. The van der Waals surface area contributed by atoms with Gasteiger partial charge in [-0.05, 0) is 76.9 Å². The quantitative estimate of drug-likeness (QED) is 0.555. The Morgan fingerprint density at radius 3 is 2.35 bits per heavy atom. The predicted molar refractivity (Wildman–Crippen MR) is 145 cm³/mol. The molecule has 1 spiro atoms. The molecule has 1 heterocycles. The van der Waals surface area contributed by atoms with Crippen molar-refractivity contribution in [3.63, 3.8) is 0 Å². The SMILES string of the molecule is CN(C)C1(c2ccccc2)CCC2(CC1)CN(CC(=O)NC[C@H]1CCCC[C@H]1O)C(=O)N2CC1CCC1. The summed E-state index contributed by atoms with van der Waals surface area (Å²) in [5.41, 5.74) is 1.13. The fourth-order valence-corrected chi connectivity index (χ4v) is 7.41. The van der Waals surface area contributed by atoms with Crippen molar-refractivity contribution in [1.82, 2.24) is 20.0 Å². The molecule has 7 nitrogen and oxygen atoms in total. The third-order valence-electron chi connectivity index (χ3n) is 10.2. The molecule has 37 heavy (non-hydrogen) atoms. The van der Waals surface area contributed by atoms with Crippen LogP contribution < -0.4 is 5.32 Å². The number of nitrogens with one attached hydrogen (secondary N) is 1. The molecule has 0 aromatic heterocycles. The molecule has 0 unspecified atom stereocenters.